The second-order valence-corrected chi connectivity index (χ2v) is 6.84. The van der Waals surface area contributed by atoms with Gasteiger partial charge in [0.15, 0.2) is 0 Å². The maximum Gasteiger partial charge on any atom is 0.237 e. The summed E-state index contributed by atoms with van der Waals surface area (Å²) in [6, 6.07) is 0.393. The lowest BCUT2D eigenvalue weighted by atomic mass is 9.96. The molecule has 3 unspecified atom stereocenters. The number of carbonyl (C=O) groups is 1. The van der Waals surface area contributed by atoms with Gasteiger partial charge < -0.3 is 10.6 Å². The standard InChI is InChI=1S/C16H32N2O/c1-6-16(4,5)18-15(19)13(3)17-14-11-9-7-8-10-12(14)2/h12-14,17H,6-11H2,1-5H3,(H,18,19). The molecule has 2 N–H and O–H groups in total. The van der Waals surface area contributed by atoms with E-state index < -0.39 is 0 Å². The fourth-order valence-electron chi connectivity index (χ4n) is 2.67. The number of nitrogens with one attached hydrogen (secondary N) is 2. The summed E-state index contributed by atoms with van der Waals surface area (Å²) in [6.45, 7) is 10.5. The smallest absolute Gasteiger partial charge is 0.237 e. The summed E-state index contributed by atoms with van der Waals surface area (Å²) in [4.78, 5) is 12.2. The van der Waals surface area contributed by atoms with Crippen LogP contribution in [0.15, 0.2) is 0 Å². The van der Waals surface area contributed by atoms with Gasteiger partial charge in [-0.2, -0.15) is 0 Å². The van der Waals surface area contributed by atoms with E-state index in [4.69, 9.17) is 0 Å². The van der Waals surface area contributed by atoms with Gasteiger partial charge in [-0.05, 0) is 46.0 Å². The number of amides is 1. The number of carbonyl (C=O) groups excluding carboxylic acids is 1. The summed E-state index contributed by atoms with van der Waals surface area (Å²) < 4.78 is 0. The Kier molecular flexibility index (Phi) is 6.31. The van der Waals surface area contributed by atoms with Crippen LogP contribution in [-0.2, 0) is 4.79 Å². The molecule has 0 aromatic rings. The van der Waals surface area contributed by atoms with Gasteiger partial charge in [-0.25, -0.2) is 0 Å². The summed E-state index contributed by atoms with van der Waals surface area (Å²) in [5, 5.41) is 6.67. The normalized spacial score (nSPS) is 26.6. The fraction of sp³-hybridized carbons (Fsp3) is 0.938. The van der Waals surface area contributed by atoms with Gasteiger partial charge in [0.2, 0.25) is 5.91 Å². The van der Waals surface area contributed by atoms with Crippen molar-refractivity contribution in [3.8, 4) is 0 Å². The van der Waals surface area contributed by atoms with Crippen LogP contribution in [0.4, 0.5) is 0 Å². The van der Waals surface area contributed by atoms with Crippen LogP contribution in [0.2, 0.25) is 0 Å². The molecule has 1 aliphatic carbocycles. The molecule has 1 amide bonds. The molecule has 1 aliphatic rings. The molecule has 0 heterocycles. The fourth-order valence-corrected chi connectivity index (χ4v) is 2.67. The zero-order valence-electron chi connectivity index (χ0n) is 13.4. The Balaban J connectivity index is 2.48. The van der Waals surface area contributed by atoms with Crippen LogP contribution in [0.25, 0.3) is 0 Å². The Hall–Kier alpha value is -0.570. The largest absolute Gasteiger partial charge is 0.350 e. The Bertz CT molecular complexity index is 288. The number of rotatable bonds is 5. The first kappa shape index (κ1) is 16.5. The summed E-state index contributed by atoms with van der Waals surface area (Å²) in [7, 11) is 0. The Labute approximate surface area is 118 Å². The first-order chi connectivity index (χ1) is 8.85. The highest BCUT2D eigenvalue weighted by atomic mass is 16.2. The molecule has 3 nitrogen and oxygen atoms in total. The van der Waals surface area contributed by atoms with Crippen LogP contribution in [0.3, 0.4) is 0 Å². The van der Waals surface area contributed by atoms with Gasteiger partial charge in [-0.15, -0.1) is 0 Å². The van der Waals surface area contributed by atoms with Crippen LogP contribution >= 0.6 is 0 Å². The zero-order valence-corrected chi connectivity index (χ0v) is 13.4. The highest BCUT2D eigenvalue weighted by molar-refractivity contribution is 5.82. The molecule has 112 valence electrons. The SMILES string of the molecule is CCC(C)(C)NC(=O)C(C)NC1CCCCCC1C. The van der Waals surface area contributed by atoms with Crippen LogP contribution in [0, 0.1) is 5.92 Å². The molecular formula is C16H32N2O. The predicted octanol–water partition coefficient (Wildman–Crippen LogP) is 3.24. The van der Waals surface area contributed by atoms with Crippen molar-refractivity contribution in [3.05, 3.63) is 0 Å². The van der Waals surface area contributed by atoms with Gasteiger partial charge in [0.25, 0.3) is 0 Å². The average Bonchev–Trinajstić information content (AvgIpc) is 2.54. The third-order valence-corrected chi connectivity index (χ3v) is 4.56. The minimum absolute atomic E-state index is 0.101. The Morgan fingerprint density at radius 3 is 2.53 bits per heavy atom. The van der Waals surface area contributed by atoms with E-state index in [1.54, 1.807) is 0 Å². The molecule has 3 atom stereocenters. The van der Waals surface area contributed by atoms with Gasteiger partial charge in [0.1, 0.15) is 0 Å². The van der Waals surface area contributed by atoms with Gasteiger partial charge in [-0.1, -0.05) is 33.1 Å². The molecule has 1 rings (SSSR count). The average molecular weight is 268 g/mol. The first-order valence-electron chi connectivity index (χ1n) is 7.94. The molecule has 0 aromatic carbocycles. The molecular weight excluding hydrogens is 236 g/mol. The lowest BCUT2D eigenvalue weighted by Gasteiger charge is -2.30. The summed E-state index contributed by atoms with van der Waals surface area (Å²) in [5.74, 6) is 0.806. The third kappa shape index (κ3) is 5.52. The lowest BCUT2D eigenvalue weighted by molar-refractivity contribution is -0.124. The van der Waals surface area contributed by atoms with E-state index in [-0.39, 0.29) is 17.5 Å². The molecule has 0 bridgehead atoms. The second-order valence-electron chi connectivity index (χ2n) is 6.84. The lowest BCUT2D eigenvalue weighted by Crippen LogP contribution is -2.53. The molecule has 0 aliphatic heterocycles. The van der Waals surface area contributed by atoms with E-state index >= 15 is 0 Å². The molecule has 0 aromatic heterocycles. The molecule has 0 radical (unpaired) electrons. The quantitative estimate of drug-likeness (QED) is 0.752. The van der Waals surface area contributed by atoms with Crippen molar-refractivity contribution in [1.29, 1.82) is 0 Å². The van der Waals surface area contributed by atoms with E-state index in [0.29, 0.717) is 12.0 Å². The summed E-state index contributed by atoms with van der Waals surface area (Å²) in [6.07, 6.45) is 7.40. The predicted molar refractivity (Wildman–Crippen MR) is 81.1 cm³/mol. The Morgan fingerprint density at radius 1 is 1.26 bits per heavy atom. The van der Waals surface area contributed by atoms with Crippen molar-refractivity contribution < 1.29 is 4.79 Å². The zero-order chi connectivity index (χ0) is 14.5. The van der Waals surface area contributed by atoms with E-state index in [9.17, 15) is 4.79 Å². The molecule has 0 saturated heterocycles. The van der Waals surface area contributed by atoms with Crippen LogP contribution in [0.5, 0.6) is 0 Å². The molecule has 0 spiro atoms. The van der Waals surface area contributed by atoms with Gasteiger partial charge >= 0.3 is 0 Å². The van der Waals surface area contributed by atoms with Crippen molar-refractivity contribution in [2.75, 3.05) is 0 Å². The summed E-state index contributed by atoms with van der Waals surface area (Å²) in [5.41, 5.74) is -0.109. The minimum Gasteiger partial charge on any atom is -0.350 e. The van der Waals surface area contributed by atoms with E-state index in [1.807, 2.05) is 6.92 Å². The Morgan fingerprint density at radius 2 is 1.89 bits per heavy atom. The monoisotopic (exact) mass is 268 g/mol. The topological polar surface area (TPSA) is 41.1 Å². The van der Waals surface area contributed by atoms with Crippen molar-refractivity contribution >= 4 is 5.91 Å². The van der Waals surface area contributed by atoms with Gasteiger partial charge in [0.05, 0.1) is 6.04 Å². The van der Waals surface area contributed by atoms with E-state index in [2.05, 4.69) is 38.3 Å². The van der Waals surface area contributed by atoms with Crippen LogP contribution < -0.4 is 10.6 Å². The molecule has 1 saturated carbocycles. The van der Waals surface area contributed by atoms with E-state index in [1.165, 1.54) is 32.1 Å². The third-order valence-electron chi connectivity index (χ3n) is 4.56. The van der Waals surface area contributed by atoms with Crippen molar-refractivity contribution in [2.24, 2.45) is 5.92 Å². The maximum atomic E-state index is 12.2. The molecule has 1 fully saturated rings. The molecule has 3 heteroatoms. The highest BCUT2D eigenvalue weighted by Gasteiger charge is 2.26. The van der Waals surface area contributed by atoms with Crippen molar-refractivity contribution in [2.45, 2.75) is 90.8 Å². The summed E-state index contributed by atoms with van der Waals surface area (Å²) >= 11 is 0. The van der Waals surface area contributed by atoms with Gasteiger partial charge in [0, 0.05) is 11.6 Å². The number of hydrogen-bond donors (Lipinski definition) is 2. The molecule has 19 heavy (non-hydrogen) atoms. The second kappa shape index (κ2) is 7.28. The number of hydrogen-bond acceptors (Lipinski definition) is 2. The highest BCUT2D eigenvalue weighted by Crippen LogP contribution is 2.23. The van der Waals surface area contributed by atoms with E-state index in [0.717, 1.165) is 6.42 Å². The van der Waals surface area contributed by atoms with Crippen molar-refractivity contribution in [1.82, 2.24) is 10.6 Å². The first-order valence-corrected chi connectivity index (χ1v) is 7.94. The van der Waals surface area contributed by atoms with Crippen LogP contribution in [0.1, 0.15) is 73.1 Å². The van der Waals surface area contributed by atoms with Crippen LogP contribution in [-0.4, -0.2) is 23.5 Å². The van der Waals surface area contributed by atoms with Gasteiger partial charge in [-0.3, -0.25) is 4.79 Å². The maximum absolute atomic E-state index is 12.2. The van der Waals surface area contributed by atoms with Crippen molar-refractivity contribution in [3.63, 3.8) is 0 Å². The minimum atomic E-state index is -0.109.